The van der Waals surface area contributed by atoms with Crippen LogP contribution in [0.3, 0.4) is 0 Å². The average Bonchev–Trinajstić information content (AvgIpc) is 1.96. The first-order chi connectivity index (χ1) is 6.26. The van der Waals surface area contributed by atoms with Crippen molar-refractivity contribution < 1.29 is 4.79 Å². The Morgan fingerprint density at radius 3 is 2.14 bits per heavy atom. The summed E-state index contributed by atoms with van der Waals surface area (Å²) in [4.78, 5) is 11.6. The summed E-state index contributed by atoms with van der Waals surface area (Å²) in [5.74, 6) is 0.491. The fourth-order valence-electron chi connectivity index (χ4n) is 1.24. The van der Waals surface area contributed by atoms with Crippen LogP contribution in [0.25, 0.3) is 0 Å². The molecule has 1 atom stereocenters. The molecule has 3 nitrogen and oxygen atoms in total. The number of carbonyl (C=O) groups is 1. The minimum Gasteiger partial charge on any atom is -0.352 e. The van der Waals surface area contributed by atoms with Crippen LogP contribution in [0.15, 0.2) is 0 Å². The van der Waals surface area contributed by atoms with Crippen molar-refractivity contribution in [2.24, 2.45) is 17.1 Å². The lowest BCUT2D eigenvalue weighted by atomic mass is 9.91. The number of nitrogens with one attached hydrogen (secondary N) is 1. The molecule has 0 aliphatic carbocycles. The molecule has 0 rings (SSSR count). The molecule has 14 heavy (non-hydrogen) atoms. The van der Waals surface area contributed by atoms with Gasteiger partial charge in [0.05, 0.1) is 0 Å². The molecule has 0 spiro atoms. The van der Waals surface area contributed by atoms with Gasteiger partial charge in [0.15, 0.2) is 0 Å². The van der Waals surface area contributed by atoms with E-state index in [4.69, 9.17) is 5.73 Å². The zero-order chi connectivity index (χ0) is 11.4. The fourth-order valence-corrected chi connectivity index (χ4v) is 1.24. The normalized spacial score (nSPS) is 14.2. The second-order valence-corrected chi connectivity index (χ2v) is 5.39. The first-order valence-electron chi connectivity index (χ1n) is 5.25. The van der Waals surface area contributed by atoms with E-state index >= 15 is 0 Å². The predicted octanol–water partition coefficient (Wildman–Crippen LogP) is 1.52. The quantitative estimate of drug-likeness (QED) is 0.723. The monoisotopic (exact) mass is 200 g/mol. The SMILES string of the molecule is CC(C)C(CN)NC(=O)CC(C)(C)C. The first kappa shape index (κ1) is 13.4. The summed E-state index contributed by atoms with van der Waals surface area (Å²) in [6.07, 6.45) is 0.552. The molecule has 0 aliphatic heterocycles. The Bertz CT molecular complexity index is 182. The van der Waals surface area contributed by atoms with Crippen LogP contribution in [0.2, 0.25) is 0 Å². The Hall–Kier alpha value is -0.570. The lowest BCUT2D eigenvalue weighted by Gasteiger charge is -2.23. The first-order valence-corrected chi connectivity index (χ1v) is 5.25. The van der Waals surface area contributed by atoms with E-state index in [0.717, 1.165) is 0 Å². The van der Waals surface area contributed by atoms with Crippen LogP contribution >= 0.6 is 0 Å². The van der Waals surface area contributed by atoms with Gasteiger partial charge < -0.3 is 11.1 Å². The maximum absolute atomic E-state index is 11.6. The van der Waals surface area contributed by atoms with E-state index in [0.29, 0.717) is 18.9 Å². The van der Waals surface area contributed by atoms with Crippen LogP contribution in [-0.4, -0.2) is 18.5 Å². The lowest BCUT2D eigenvalue weighted by molar-refractivity contribution is -0.123. The molecule has 0 aromatic heterocycles. The second kappa shape index (κ2) is 5.35. The molecule has 0 aliphatic rings. The molecule has 0 heterocycles. The van der Waals surface area contributed by atoms with E-state index in [1.165, 1.54) is 0 Å². The van der Waals surface area contributed by atoms with Gasteiger partial charge in [-0.1, -0.05) is 34.6 Å². The molecule has 0 aromatic carbocycles. The third-order valence-electron chi connectivity index (χ3n) is 2.10. The van der Waals surface area contributed by atoms with Crippen LogP contribution in [0.4, 0.5) is 0 Å². The summed E-state index contributed by atoms with van der Waals surface area (Å²) in [6, 6.07) is 0.102. The molecule has 84 valence electrons. The van der Waals surface area contributed by atoms with E-state index in [-0.39, 0.29) is 17.4 Å². The number of carbonyl (C=O) groups excluding carboxylic acids is 1. The minimum atomic E-state index is 0.0419. The maximum Gasteiger partial charge on any atom is 0.220 e. The Morgan fingerprint density at radius 2 is 1.86 bits per heavy atom. The van der Waals surface area contributed by atoms with Crippen molar-refractivity contribution in [3.63, 3.8) is 0 Å². The molecule has 1 unspecified atom stereocenters. The molecule has 0 saturated carbocycles. The van der Waals surface area contributed by atoms with Crippen LogP contribution in [0.5, 0.6) is 0 Å². The molecular formula is C11H24N2O. The highest BCUT2D eigenvalue weighted by Gasteiger charge is 2.19. The molecule has 0 bridgehead atoms. The van der Waals surface area contributed by atoms with Crippen molar-refractivity contribution >= 4 is 5.91 Å². The minimum absolute atomic E-state index is 0.0419. The standard InChI is InChI=1S/C11H24N2O/c1-8(2)9(7-12)13-10(14)6-11(3,4)5/h8-9H,6-7,12H2,1-5H3,(H,13,14). The van der Waals surface area contributed by atoms with Gasteiger partial charge in [-0.3, -0.25) is 4.79 Å². The average molecular weight is 200 g/mol. The summed E-state index contributed by atoms with van der Waals surface area (Å²) in [5.41, 5.74) is 5.61. The van der Waals surface area contributed by atoms with E-state index in [9.17, 15) is 4.79 Å². The van der Waals surface area contributed by atoms with Gasteiger partial charge in [0.25, 0.3) is 0 Å². The zero-order valence-corrected chi connectivity index (χ0v) is 10.1. The Morgan fingerprint density at radius 1 is 1.36 bits per heavy atom. The van der Waals surface area contributed by atoms with Crippen molar-refractivity contribution in [1.29, 1.82) is 0 Å². The molecule has 0 radical (unpaired) electrons. The van der Waals surface area contributed by atoms with E-state index in [1.54, 1.807) is 0 Å². The highest BCUT2D eigenvalue weighted by atomic mass is 16.1. The predicted molar refractivity (Wildman–Crippen MR) is 59.9 cm³/mol. The van der Waals surface area contributed by atoms with E-state index in [2.05, 4.69) is 39.9 Å². The van der Waals surface area contributed by atoms with Crippen LogP contribution in [-0.2, 0) is 4.79 Å². The summed E-state index contributed by atoms with van der Waals surface area (Å²) in [7, 11) is 0. The van der Waals surface area contributed by atoms with E-state index < -0.39 is 0 Å². The van der Waals surface area contributed by atoms with Crippen molar-refractivity contribution in [3.8, 4) is 0 Å². The third-order valence-corrected chi connectivity index (χ3v) is 2.10. The molecule has 3 heteroatoms. The lowest BCUT2D eigenvalue weighted by Crippen LogP contribution is -2.44. The van der Waals surface area contributed by atoms with Gasteiger partial charge in [-0.25, -0.2) is 0 Å². The number of hydrogen-bond acceptors (Lipinski definition) is 2. The second-order valence-electron chi connectivity index (χ2n) is 5.39. The summed E-state index contributed by atoms with van der Waals surface area (Å²) >= 11 is 0. The molecule has 0 fully saturated rings. The third kappa shape index (κ3) is 5.97. The van der Waals surface area contributed by atoms with Gasteiger partial charge in [-0.2, -0.15) is 0 Å². The van der Waals surface area contributed by atoms with Crippen LogP contribution < -0.4 is 11.1 Å². The van der Waals surface area contributed by atoms with Crippen molar-refractivity contribution in [3.05, 3.63) is 0 Å². The molecular weight excluding hydrogens is 176 g/mol. The number of amides is 1. The van der Waals surface area contributed by atoms with Gasteiger partial charge in [0.1, 0.15) is 0 Å². The van der Waals surface area contributed by atoms with Gasteiger partial charge in [-0.15, -0.1) is 0 Å². The fraction of sp³-hybridized carbons (Fsp3) is 0.909. The number of hydrogen-bond donors (Lipinski definition) is 2. The van der Waals surface area contributed by atoms with Gasteiger partial charge >= 0.3 is 0 Å². The highest BCUT2D eigenvalue weighted by molar-refractivity contribution is 5.76. The zero-order valence-electron chi connectivity index (χ0n) is 10.1. The summed E-state index contributed by atoms with van der Waals surface area (Å²) in [6.45, 7) is 10.8. The van der Waals surface area contributed by atoms with Crippen molar-refractivity contribution in [2.75, 3.05) is 6.54 Å². The molecule has 1 amide bonds. The topological polar surface area (TPSA) is 55.1 Å². The van der Waals surface area contributed by atoms with E-state index in [1.807, 2.05) is 0 Å². The van der Waals surface area contributed by atoms with Gasteiger partial charge in [-0.05, 0) is 11.3 Å². The highest BCUT2D eigenvalue weighted by Crippen LogP contribution is 2.18. The molecule has 0 aromatic rings. The Balaban J connectivity index is 4.04. The number of nitrogens with two attached hydrogens (primary N) is 1. The van der Waals surface area contributed by atoms with Gasteiger partial charge in [0.2, 0.25) is 5.91 Å². The van der Waals surface area contributed by atoms with Gasteiger partial charge in [0, 0.05) is 19.0 Å². The largest absolute Gasteiger partial charge is 0.352 e. The molecule has 3 N–H and O–H groups in total. The number of rotatable bonds is 4. The summed E-state index contributed by atoms with van der Waals surface area (Å²) in [5, 5.41) is 2.96. The Labute approximate surface area is 87.4 Å². The smallest absolute Gasteiger partial charge is 0.220 e. The maximum atomic E-state index is 11.6. The van der Waals surface area contributed by atoms with Crippen LogP contribution in [0.1, 0.15) is 41.0 Å². The van der Waals surface area contributed by atoms with Crippen molar-refractivity contribution in [2.45, 2.75) is 47.1 Å². The Kier molecular flexibility index (Phi) is 5.13. The summed E-state index contributed by atoms with van der Waals surface area (Å²) < 4.78 is 0. The van der Waals surface area contributed by atoms with Crippen molar-refractivity contribution in [1.82, 2.24) is 5.32 Å². The molecule has 0 saturated heterocycles. The van der Waals surface area contributed by atoms with Crippen LogP contribution in [0, 0.1) is 11.3 Å².